The molecule has 1 fully saturated rings. The number of aromatic nitrogens is 2. The van der Waals surface area contributed by atoms with Crippen molar-refractivity contribution in [3.63, 3.8) is 0 Å². The molecule has 2 aromatic heterocycles. The first-order valence-electron chi connectivity index (χ1n) is 8.84. The van der Waals surface area contributed by atoms with E-state index in [4.69, 9.17) is 10.5 Å². The highest BCUT2D eigenvalue weighted by Gasteiger charge is 2.29. The van der Waals surface area contributed by atoms with Gasteiger partial charge in [0.25, 0.3) is 5.91 Å². The van der Waals surface area contributed by atoms with Gasteiger partial charge < -0.3 is 15.4 Å². The fraction of sp³-hybridized carbons (Fsp3) is 0.316. The first-order valence-corrected chi connectivity index (χ1v) is 9.65. The Kier molecular flexibility index (Phi) is 4.86. The van der Waals surface area contributed by atoms with Gasteiger partial charge in [-0.05, 0) is 30.7 Å². The monoisotopic (exact) mass is 402 g/mol. The molecule has 0 aliphatic carbocycles. The van der Waals surface area contributed by atoms with Crippen molar-refractivity contribution in [2.45, 2.75) is 19.6 Å². The van der Waals surface area contributed by atoms with E-state index in [2.05, 4.69) is 5.10 Å². The molecule has 0 radical (unpaired) electrons. The Morgan fingerprint density at radius 1 is 1.36 bits per heavy atom. The van der Waals surface area contributed by atoms with E-state index in [9.17, 15) is 14.0 Å². The number of primary amides is 1. The van der Waals surface area contributed by atoms with Crippen molar-refractivity contribution in [1.29, 1.82) is 0 Å². The normalized spacial score (nSPS) is 17.2. The molecule has 1 unspecified atom stereocenters. The first-order chi connectivity index (χ1) is 13.4. The molecule has 4 rings (SSSR count). The number of nitrogens with zero attached hydrogens (tertiary/aromatic N) is 3. The van der Waals surface area contributed by atoms with Gasteiger partial charge in [-0.1, -0.05) is 12.1 Å². The van der Waals surface area contributed by atoms with Crippen LogP contribution in [0.2, 0.25) is 0 Å². The quantitative estimate of drug-likeness (QED) is 0.722. The lowest BCUT2D eigenvalue weighted by Gasteiger charge is -2.31. The number of hydrogen-bond acceptors (Lipinski definition) is 5. The lowest BCUT2D eigenvalue weighted by molar-refractivity contribution is -0.133. The van der Waals surface area contributed by atoms with Crippen LogP contribution in [0.4, 0.5) is 4.39 Å². The van der Waals surface area contributed by atoms with Crippen LogP contribution in [-0.4, -0.2) is 52.3 Å². The number of ether oxygens (including phenoxy) is 1. The van der Waals surface area contributed by atoms with E-state index in [0.29, 0.717) is 18.0 Å². The second-order valence-electron chi connectivity index (χ2n) is 6.71. The summed E-state index contributed by atoms with van der Waals surface area (Å²) in [5.74, 6) is -1.00. The fourth-order valence-corrected chi connectivity index (χ4v) is 4.38. The van der Waals surface area contributed by atoms with Gasteiger partial charge in [0.2, 0.25) is 5.91 Å². The highest BCUT2D eigenvalue weighted by molar-refractivity contribution is 7.20. The maximum Gasteiger partial charge on any atom is 0.264 e. The minimum atomic E-state index is -0.775. The van der Waals surface area contributed by atoms with Gasteiger partial charge in [0.15, 0.2) is 6.10 Å². The molecular weight excluding hydrogens is 383 g/mol. The van der Waals surface area contributed by atoms with Crippen LogP contribution >= 0.6 is 11.3 Å². The number of carbonyl (C=O) groups excluding carboxylic acids is 2. The predicted octanol–water partition coefficient (Wildman–Crippen LogP) is 1.92. The predicted molar refractivity (Wildman–Crippen MR) is 103 cm³/mol. The second kappa shape index (κ2) is 7.33. The maximum absolute atomic E-state index is 13.1. The third-order valence-electron chi connectivity index (χ3n) is 4.73. The molecule has 3 heterocycles. The number of halogens is 1. The van der Waals surface area contributed by atoms with Crippen LogP contribution in [0, 0.1) is 12.7 Å². The average Bonchev–Trinajstić information content (AvgIpc) is 3.24. The molecule has 0 bridgehead atoms. The Morgan fingerprint density at radius 2 is 2.11 bits per heavy atom. The van der Waals surface area contributed by atoms with Crippen molar-refractivity contribution in [3.8, 4) is 0 Å². The largest absolute Gasteiger partial charge is 0.367 e. The molecule has 9 heteroatoms. The third-order valence-corrected chi connectivity index (χ3v) is 5.87. The average molecular weight is 402 g/mol. The number of thiophene rings is 1. The van der Waals surface area contributed by atoms with Gasteiger partial charge in [0.05, 0.1) is 30.3 Å². The number of hydrogen-bond donors (Lipinski definition) is 1. The minimum absolute atomic E-state index is 0.150. The van der Waals surface area contributed by atoms with Crippen LogP contribution in [-0.2, 0) is 16.1 Å². The van der Waals surface area contributed by atoms with Crippen molar-refractivity contribution in [1.82, 2.24) is 14.7 Å². The molecule has 1 aromatic carbocycles. The number of rotatable bonds is 4. The molecule has 1 saturated heterocycles. The zero-order valence-electron chi connectivity index (χ0n) is 15.2. The molecule has 146 valence electrons. The van der Waals surface area contributed by atoms with Crippen LogP contribution in [0.5, 0.6) is 0 Å². The molecule has 2 amide bonds. The lowest BCUT2D eigenvalue weighted by atomic mass is 10.2. The lowest BCUT2D eigenvalue weighted by Crippen LogP contribution is -2.50. The summed E-state index contributed by atoms with van der Waals surface area (Å²) in [6.07, 6.45) is -0.775. The van der Waals surface area contributed by atoms with Crippen molar-refractivity contribution >= 4 is 33.4 Å². The van der Waals surface area contributed by atoms with Gasteiger partial charge in [-0.3, -0.25) is 14.3 Å². The summed E-state index contributed by atoms with van der Waals surface area (Å²) in [7, 11) is 0. The maximum atomic E-state index is 13.1. The van der Waals surface area contributed by atoms with E-state index < -0.39 is 12.0 Å². The van der Waals surface area contributed by atoms with Gasteiger partial charge >= 0.3 is 0 Å². The number of fused-ring (bicyclic) bond motifs is 1. The number of benzene rings is 1. The summed E-state index contributed by atoms with van der Waals surface area (Å²) in [5.41, 5.74) is 7.05. The molecule has 1 atom stereocenters. The Labute approximate surface area is 164 Å². The zero-order chi connectivity index (χ0) is 19.8. The Hall–Kier alpha value is -2.78. The number of amides is 2. The van der Waals surface area contributed by atoms with Crippen LogP contribution in [0.15, 0.2) is 30.3 Å². The van der Waals surface area contributed by atoms with E-state index in [-0.39, 0.29) is 24.9 Å². The van der Waals surface area contributed by atoms with E-state index >= 15 is 0 Å². The van der Waals surface area contributed by atoms with E-state index in [1.54, 1.807) is 17.0 Å². The molecule has 0 spiro atoms. The summed E-state index contributed by atoms with van der Waals surface area (Å²) >= 11 is 1.36. The highest BCUT2D eigenvalue weighted by atomic mass is 32.1. The summed E-state index contributed by atoms with van der Waals surface area (Å²) < 4.78 is 20.3. The van der Waals surface area contributed by atoms with Crippen molar-refractivity contribution in [2.24, 2.45) is 5.73 Å². The molecule has 2 N–H and O–H groups in total. The molecule has 7 nitrogen and oxygen atoms in total. The number of carbonyl (C=O) groups is 2. The van der Waals surface area contributed by atoms with Gasteiger partial charge in [0.1, 0.15) is 10.6 Å². The number of aryl methyl sites for hydroxylation is 1. The second-order valence-corrected chi connectivity index (χ2v) is 7.74. The Bertz CT molecular complexity index is 1040. The highest BCUT2D eigenvalue weighted by Crippen LogP contribution is 2.30. The SMILES string of the molecule is Cc1nn(Cc2ccc(F)cc2)c2sc(C(=O)N3CCOC(C(N)=O)C3)cc12. The van der Waals surface area contributed by atoms with Crippen LogP contribution in [0.3, 0.4) is 0 Å². The molecular formula is C19H19FN4O3S. The Balaban J connectivity index is 1.60. The molecule has 0 saturated carbocycles. The first kappa shape index (κ1) is 18.6. The van der Waals surface area contributed by atoms with Crippen LogP contribution in [0.25, 0.3) is 10.2 Å². The van der Waals surface area contributed by atoms with Crippen molar-refractivity contribution in [3.05, 3.63) is 52.3 Å². The summed E-state index contributed by atoms with van der Waals surface area (Å²) in [6.45, 7) is 3.23. The van der Waals surface area contributed by atoms with Gasteiger partial charge in [-0.2, -0.15) is 5.10 Å². The molecule has 28 heavy (non-hydrogen) atoms. The van der Waals surface area contributed by atoms with E-state index in [1.807, 2.05) is 17.7 Å². The van der Waals surface area contributed by atoms with E-state index in [1.165, 1.54) is 23.5 Å². The summed E-state index contributed by atoms with van der Waals surface area (Å²) in [6, 6.07) is 8.10. The van der Waals surface area contributed by atoms with Crippen molar-refractivity contribution in [2.75, 3.05) is 19.7 Å². The number of morpholine rings is 1. The van der Waals surface area contributed by atoms with Gasteiger partial charge in [-0.25, -0.2) is 4.39 Å². The summed E-state index contributed by atoms with van der Waals surface area (Å²) in [5, 5.41) is 5.46. The smallest absolute Gasteiger partial charge is 0.264 e. The van der Waals surface area contributed by atoms with E-state index in [0.717, 1.165) is 21.5 Å². The minimum Gasteiger partial charge on any atom is -0.367 e. The van der Waals surface area contributed by atoms with Crippen LogP contribution in [0.1, 0.15) is 20.9 Å². The Morgan fingerprint density at radius 3 is 2.82 bits per heavy atom. The molecule has 1 aliphatic rings. The van der Waals surface area contributed by atoms with Gasteiger partial charge in [0, 0.05) is 11.9 Å². The number of nitrogens with two attached hydrogens (primary N) is 1. The zero-order valence-corrected chi connectivity index (χ0v) is 16.0. The molecule has 1 aliphatic heterocycles. The van der Waals surface area contributed by atoms with Gasteiger partial charge in [-0.15, -0.1) is 11.3 Å². The topological polar surface area (TPSA) is 90.4 Å². The van der Waals surface area contributed by atoms with Crippen LogP contribution < -0.4 is 5.73 Å². The fourth-order valence-electron chi connectivity index (χ4n) is 3.25. The standard InChI is InChI=1S/C19H19FN4O3S/c1-11-14-8-16(18(26)23-6-7-27-15(10-23)17(21)25)28-19(14)24(22-11)9-12-2-4-13(20)5-3-12/h2-5,8,15H,6-7,9-10H2,1H3,(H2,21,25). The third kappa shape index (κ3) is 3.50. The van der Waals surface area contributed by atoms with Crippen molar-refractivity contribution < 1.29 is 18.7 Å². The summed E-state index contributed by atoms with van der Waals surface area (Å²) in [4.78, 5) is 27.3. The molecule has 3 aromatic rings.